The first kappa shape index (κ1) is 8.41. The highest BCUT2D eigenvalue weighted by Gasteiger charge is 2.12. The Morgan fingerprint density at radius 2 is 2.40 bits per heavy atom. The highest BCUT2D eigenvalue weighted by molar-refractivity contribution is 5.91. The summed E-state index contributed by atoms with van der Waals surface area (Å²) >= 11 is 0. The molecule has 0 saturated carbocycles. The first-order chi connectivity index (χ1) is 4.59. The van der Waals surface area contributed by atoms with E-state index in [1.807, 2.05) is 0 Å². The molecule has 0 rings (SSSR count). The molecule has 0 aliphatic carbocycles. The smallest absolute Gasteiger partial charge is 0.325 e. The van der Waals surface area contributed by atoms with Crippen molar-refractivity contribution in [1.82, 2.24) is 5.32 Å². The van der Waals surface area contributed by atoms with Crippen LogP contribution in [0, 0.1) is 15.5 Å². The molecule has 0 aliphatic heterocycles. The van der Waals surface area contributed by atoms with E-state index in [0.29, 0.717) is 0 Å². The number of amidine groups is 1. The van der Waals surface area contributed by atoms with Crippen LogP contribution in [0.1, 0.15) is 0 Å². The second-order valence-corrected chi connectivity index (χ2v) is 1.49. The molecule has 0 aromatic heterocycles. The zero-order chi connectivity index (χ0) is 8.15. The van der Waals surface area contributed by atoms with Crippen molar-refractivity contribution in [3.8, 4) is 0 Å². The Morgan fingerprint density at radius 1 is 1.90 bits per heavy atom. The van der Waals surface area contributed by atoms with E-state index < -0.39 is 16.5 Å². The van der Waals surface area contributed by atoms with Crippen molar-refractivity contribution in [3.05, 3.63) is 22.0 Å². The molecule has 0 amide bonds. The Hall–Kier alpha value is -1.59. The van der Waals surface area contributed by atoms with Crippen LogP contribution in [-0.2, 0) is 0 Å². The fourth-order valence-corrected chi connectivity index (χ4v) is 0.366. The summed E-state index contributed by atoms with van der Waals surface area (Å²) in [7, 11) is 1.49. The van der Waals surface area contributed by atoms with Crippen molar-refractivity contribution in [2.24, 2.45) is 5.73 Å². The van der Waals surface area contributed by atoms with Gasteiger partial charge in [-0.15, -0.1) is 0 Å². The van der Waals surface area contributed by atoms with Crippen molar-refractivity contribution in [2.45, 2.75) is 0 Å². The average Bonchev–Trinajstić information content (AvgIpc) is 1.81. The van der Waals surface area contributed by atoms with Crippen molar-refractivity contribution in [1.29, 1.82) is 5.41 Å². The fourth-order valence-electron chi connectivity index (χ4n) is 0.366. The second kappa shape index (κ2) is 3.44. The van der Waals surface area contributed by atoms with Gasteiger partial charge in [0, 0.05) is 7.05 Å². The number of nitrogens with zero attached hydrogens (tertiary/aromatic N) is 1. The Balaban J connectivity index is 4.42. The minimum atomic E-state index is -0.723. The molecule has 0 spiro atoms. The molecule has 0 aromatic rings. The molecular formula is C4H8N4O2. The summed E-state index contributed by atoms with van der Waals surface area (Å²) in [5, 5.41) is 19.1. The van der Waals surface area contributed by atoms with Crippen LogP contribution < -0.4 is 11.1 Å². The normalized spacial score (nSPS) is 10.7. The Morgan fingerprint density at radius 3 is 2.50 bits per heavy atom. The molecule has 6 nitrogen and oxygen atoms in total. The van der Waals surface area contributed by atoms with Crippen LogP contribution in [0.5, 0.6) is 0 Å². The summed E-state index contributed by atoms with van der Waals surface area (Å²) in [5.41, 5.74) is 4.43. The number of hydrogen-bond acceptors (Lipinski definition) is 4. The standard InChI is InChI=1S/C4H8N4O2/c1-7-2-3(4(5)6)8(9)10/h2,7H,1H3,(H3,5,6)/b3-2+. The van der Waals surface area contributed by atoms with E-state index in [-0.39, 0.29) is 0 Å². The first-order valence-electron chi connectivity index (χ1n) is 2.45. The molecule has 4 N–H and O–H groups in total. The van der Waals surface area contributed by atoms with Gasteiger partial charge in [0.25, 0.3) is 0 Å². The Bertz CT molecular complexity index is 170. The maximum absolute atomic E-state index is 10.0. The van der Waals surface area contributed by atoms with Crippen LogP contribution in [0.4, 0.5) is 0 Å². The summed E-state index contributed by atoms with van der Waals surface area (Å²) in [6, 6.07) is 0. The van der Waals surface area contributed by atoms with E-state index in [1.165, 1.54) is 7.05 Å². The summed E-state index contributed by atoms with van der Waals surface area (Å²) in [6.07, 6.45) is 1.06. The third kappa shape index (κ3) is 2.12. The lowest BCUT2D eigenvalue weighted by atomic mass is 10.4. The van der Waals surface area contributed by atoms with Gasteiger partial charge >= 0.3 is 5.70 Å². The predicted octanol–water partition coefficient (Wildman–Crippen LogP) is -0.740. The summed E-state index contributed by atoms with van der Waals surface area (Å²) in [4.78, 5) is 9.28. The van der Waals surface area contributed by atoms with Crippen molar-refractivity contribution in [2.75, 3.05) is 7.05 Å². The third-order valence-electron chi connectivity index (χ3n) is 0.754. The lowest BCUT2D eigenvalue weighted by Gasteiger charge is -1.93. The van der Waals surface area contributed by atoms with Crippen molar-refractivity contribution in [3.63, 3.8) is 0 Å². The molecule has 0 heterocycles. The lowest BCUT2D eigenvalue weighted by molar-refractivity contribution is -0.415. The maximum atomic E-state index is 10.0. The monoisotopic (exact) mass is 144 g/mol. The van der Waals surface area contributed by atoms with Crippen LogP contribution in [0.3, 0.4) is 0 Å². The molecule has 56 valence electrons. The van der Waals surface area contributed by atoms with Crippen LogP contribution in [0.15, 0.2) is 11.9 Å². The van der Waals surface area contributed by atoms with E-state index in [2.05, 4.69) is 5.32 Å². The molecular weight excluding hydrogens is 136 g/mol. The largest absolute Gasteiger partial charge is 0.388 e. The molecule has 0 aliphatic rings. The van der Waals surface area contributed by atoms with E-state index in [1.54, 1.807) is 0 Å². The van der Waals surface area contributed by atoms with E-state index in [9.17, 15) is 10.1 Å². The van der Waals surface area contributed by atoms with Gasteiger partial charge in [0.15, 0.2) is 5.84 Å². The van der Waals surface area contributed by atoms with Crippen LogP contribution >= 0.6 is 0 Å². The number of hydrogen-bond donors (Lipinski definition) is 3. The van der Waals surface area contributed by atoms with E-state index >= 15 is 0 Å². The van der Waals surface area contributed by atoms with Gasteiger partial charge in [-0.05, 0) is 0 Å². The number of nitro groups is 1. The van der Waals surface area contributed by atoms with Crippen molar-refractivity contribution >= 4 is 5.84 Å². The molecule has 0 saturated heterocycles. The lowest BCUT2D eigenvalue weighted by Crippen LogP contribution is -2.20. The molecule has 0 aromatic carbocycles. The predicted molar refractivity (Wildman–Crippen MR) is 36.1 cm³/mol. The van der Waals surface area contributed by atoms with Gasteiger partial charge < -0.3 is 11.1 Å². The minimum Gasteiger partial charge on any atom is -0.388 e. The highest BCUT2D eigenvalue weighted by Crippen LogP contribution is 1.90. The number of nitrogens with one attached hydrogen (secondary N) is 2. The second-order valence-electron chi connectivity index (χ2n) is 1.49. The minimum absolute atomic E-state index is 0.428. The highest BCUT2D eigenvalue weighted by atomic mass is 16.6. The van der Waals surface area contributed by atoms with Gasteiger partial charge in [-0.2, -0.15) is 0 Å². The van der Waals surface area contributed by atoms with Crippen LogP contribution in [0.25, 0.3) is 0 Å². The Labute approximate surface area is 57.4 Å². The van der Waals surface area contributed by atoms with Crippen molar-refractivity contribution < 1.29 is 4.92 Å². The van der Waals surface area contributed by atoms with Gasteiger partial charge in [-0.25, -0.2) is 0 Å². The van der Waals surface area contributed by atoms with Gasteiger partial charge in [-0.1, -0.05) is 0 Å². The molecule has 6 heteroatoms. The average molecular weight is 144 g/mol. The van der Waals surface area contributed by atoms with Crippen LogP contribution in [-0.4, -0.2) is 17.8 Å². The quantitative estimate of drug-likeness (QED) is 0.210. The zero-order valence-electron chi connectivity index (χ0n) is 5.42. The molecule has 10 heavy (non-hydrogen) atoms. The van der Waals surface area contributed by atoms with Gasteiger partial charge in [-0.3, -0.25) is 15.5 Å². The van der Waals surface area contributed by atoms with Gasteiger partial charge in [0.2, 0.25) is 0 Å². The zero-order valence-corrected chi connectivity index (χ0v) is 5.42. The maximum Gasteiger partial charge on any atom is 0.325 e. The molecule has 0 atom stereocenters. The number of nitrogens with two attached hydrogens (primary N) is 1. The summed E-state index contributed by atoms with van der Waals surface area (Å²) in [6.45, 7) is 0. The summed E-state index contributed by atoms with van der Waals surface area (Å²) < 4.78 is 0. The third-order valence-corrected chi connectivity index (χ3v) is 0.754. The molecule has 0 bridgehead atoms. The Kier molecular flexibility index (Phi) is 2.89. The van der Waals surface area contributed by atoms with E-state index in [0.717, 1.165) is 6.20 Å². The SMILES string of the molecule is CN/C=C(\C(=N)N)[N+](=O)[O-]. The van der Waals surface area contributed by atoms with Gasteiger partial charge in [0.05, 0.1) is 11.1 Å². The molecule has 0 fully saturated rings. The summed E-state index contributed by atoms with van der Waals surface area (Å²) in [5.74, 6) is -0.556. The molecule has 0 unspecified atom stereocenters. The van der Waals surface area contributed by atoms with Gasteiger partial charge in [0.1, 0.15) is 0 Å². The number of rotatable bonds is 3. The first-order valence-corrected chi connectivity index (χ1v) is 2.45. The van der Waals surface area contributed by atoms with E-state index in [4.69, 9.17) is 11.1 Å². The fraction of sp³-hybridized carbons (Fsp3) is 0.250. The molecule has 0 radical (unpaired) electrons. The topological polar surface area (TPSA) is 105 Å². The van der Waals surface area contributed by atoms with Crippen LogP contribution in [0.2, 0.25) is 0 Å².